The Hall–Kier alpha value is -1.05. The third-order valence-electron chi connectivity index (χ3n) is 3.11. The van der Waals surface area contributed by atoms with Gasteiger partial charge in [-0.1, -0.05) is 33.1 Å². The Morgan fingerprint density at radius 2 is 2.06 bits per heavy atom. The zero-order chi connectivity index (χ0) is 11.8. The van der Waals surface area contributed by atoms with Crippen LogP contribution in [-0.4, -0.2) is 12.0 Å². The number of rotatable bonds is 7. The number of pyridine rings is 1. The van der Waals surface area contributed by atoms with Crippen molar-refractivity contribution < 1.29 is 0 Å². The Bertz CT molecular complexity index is 297. The van der Waals surface area contributed by atoms with Gasteiger partial charge in [-0.05, 0) is 30.4 Å². The smallest absolute Gasteiger partial charge is 0.0559 e. The van der Waals surface area contributed by atoms with E-state index in [1.165, 1.54) is 43.4 Å². The van der Waals surface area contributed by atoms with Gasteiger partial charge >= 0.3 is 0 Å². The number of nitrogens with one attached hydrogen (secondary N) is 1. The molecule has 1 heterocycles. The van der Waals surface area contributed by atoms with Crippen LogP contribution in [0.5, 0.6) is 0 Å². The first-order chi connectivity index (χ1) is 7.83. The highest BCUT2D eigenvalue weighted by atomic mass is 14.8. The maximum Gasteiger partial charge on any atom is 0.0559 e. The van der Waals surface area contributed by atoms with E-state index in [-0.39, 0.29) is 0 Å². The van der Waals surface area contributed by atoms with Gasteiger partial charge in [0.1, 0.15) is 0 Å². The molecule has 0 aliphatic rings. The Kier molecular flexibility index (Phi) is 5.91. The molecule has 1 unspecified atom stereocenters. The molecule has 1 N–H and O–H groups in total. The summed E-state index contributed by atoms with van der Waals surface area (Å²) >= 11 is 0. The normalized spacial score (nSPS) is 12.4. The van der Waals surface area contributed by atoms with Gasteiger partial charge in [0.15, 0.2) is 0 Å². The molecule has 0 aliphatic carbocycles. The van der Waals surface area contributed by atoms with Crippen LogP contribution >= 0.6 is 0 Å². The highest BCUT2D eigenvalue weighted by Crippen LogP contribution is 2.31. The zero-order valence-corrected chi connectivity index (χ0v) is 10.8. The van der Waals surface area contributed by atoms with Gasteiger partial charge < -0.3 is 5.32 Å². The van der Waals surface area contributed by atoms with Gasteiger partial charge in [-0.3, -0.25) is 4.98 Å². The summed E-state index contributed by atoms with van der Waals surface area (Å²) in [6.07, 6.45) is 10.3. The highest BCUT2D eigenvalue weighted by Gasteiger charge is 2.13. The van der Waals surface area contributed by atoms with E-state index in [2.05, 4.69) is 30.2 Å². The first-order valence-electron chi connectivity index (χ1n) is 6.45. The van der Waals surface area contributed by atoms with Crippen LogP contribution in [0.2, 0.25) is 0 Å². The SMILES string of the molecule is CCCCC(CCC)c1ccncc1NC. The highest BCUT2D eigenvalue weighted by molar-refractivity contribution is 5.50. The molecule has 0 aliphatic heterocycles. The van der Waals surface area contributed by atoms with Crippen molar-refractivity contribution in [2.45, 2.75) is 51.9 Å². The number of nitrogens with zero attached hydrogens (tertiary/aromatic N) is 1. The van der Waals surface area contributed by atoms with Crippen LogP contribution in [-0.2, 0) is 0 Å². The topological polar surface area (TPSA) is 24.9 Å². The van der Waals surface area contributed by atoms with E-state index in [0.29, 0.717) is 5.92 Å². The fourth-order valence-corrected chi connectivity index (χ4v) is 2.22. The summed E-state index contributed by atoms with van der Waals surface area (Å²) in [5.41, 5.74) is 2.63. The number of hydrogen-bond donors (Lipinski definition) is 1. The molecular formula is C14H24N2. The first kappa shape index (κ1) is 13.0. The summed E-state index contributed by atoms with van der Waals surface area (Å²) in [5, 5.41) is 3.25. The van der Waals surface area contributed by atoms with Crippen molar-refractivity contribution in [1.29, 1.82) is 0 Å². The van der Waals surface area contributed by atoms with Gasteiger partial charge in [-0.2, -0.15) is 0 Å². The quantitative estimate of drug-likeness (QED) is 0.745. The van der Waals surface area contributed by atoms with Gasteiger partial charge in [0.2, 0.25) is 0 Å². The molecule has 16 heavy (non-hydrogen) atoms. The summed E-state index contributed by atoms with van der Waals surface area (Å²) < 4.78 is 0. The van der Waals surface area contributed by atoms with E-state index < -0.39 is 0 Å². The van der Waals surface area contributed by atoms with Crippen LogP contribution in [0.1, 0.15) is 57.4 Å². The lowest BCUT2D eigenvalue weighted by Crippen LogP contribution is -2.04. The van der Waals surface area contributed by atoms with Crippen molar-refractivity contribution in [3.8, 4) is 0 Å². The predicted molar refractivity (Wildman–Crippen MR) is 71.0 cm³/mol. The molecule has 1 atom stereocenters. The van der Waals surface area contributed by atoms with Crippen molar-refractivity contribution in [2.75, 3.05) is 12.4 Å². The molecular weight excluding hydrogens is 196 g/mol. The second kappa shape index (κ2) is 7.26. The van der Waals surface area contributed by atoms with Gasteiger partial charge in [-0.15, -0.1) is 0 Å². The van der Waals surface area contributed by atoms with E-state index in [4.69, 9.17) is 0 Å². The van der Waals surface area contributed by atoms with E-state index >= 15 is 0 Å². The largest absolute Gasteiger partial charge is 0.387 e. The lowest BCUT2D eigenvalue weighted by Gasteiger charge is -2.19. The Labute approximate surface area is 99.5 Å². The van der Waals surface area contributed by atoms with Crippen LogP contribution in [0, 0.1) is 0 Å². The summed E-state index contributed by atoms with van der Waals surface area (Å²) in [6.45, 7) is 4.52. The second-order valence-corrected chi connectivity index (χ2v) is 4.34. The van der Waals surface area contributed by atoms with E-state index in [1.807, 2.05) is 19.4 Å². The zero-order valence-electron chi connectivity index (χ0n) is 10.8. The second-order valence-electron chi connectivity index (χ2n) is 4.34. The summed E-state index contributed by atoms with van der Waals surface area (Å²) in [5.74, 6) is 0.690. The van der Waals surface area contributed by atoms with Crippen LogP contribution in [0.3, 0.4) is 0 Å². The molecule has 0 radical (unpaired) electrons. The van der Waals surface area contributed by atoms with Gasteiger partial charge in [0, 0.05) is 13.2 Å². The Balaban J connectivity index is 2.81. The van der Waals surface area contributed by atoms with Crippen LogP contribution < -0.4 is 5.32 Å². The number of unbranched alkanes of at least 4 members (excludes halogenated alkanes) is 1. The third-order valence-corrected chi connectivity index (χ3v) is 3.11. The van der Waals surface area contributed by atoms with Gasteiger partial charge in [-0.25, -0.2) is 0 Å². The lowest BCUT2D eigenvalue weighted by atomic mass is 9.89. The van der Waals surface area contributed by atoms with E-state index in [1.54, 1.807) is 0 Å². The standard InChI is InChI=1S/C14H24N2/c1-4-6-8-12(7-5-2)13-9-10-16-11-14(13)15-3/h9-12,15H,4-8H2,1-3H3. The van der Waals surface area contributed by atoms with Gasteiger partial charge in [0.05, 0.1) is 11.9 Å². The Morgan fingerprint density at radius 3 is 2.69 bits per heavy atom. The van der Waals surface area contributed by atoms with Crippen LogP contribution in [0.15, 0.2) is 18.5 Å². The van der Waals surface area contributed by atoms with Crippen molar-refractivity contribution in [1.82, 2.24) is 4.98 Å². The molecule has 2 nitrogen and oxygen atoms in total. The fourth-order valence-electron chi connectivity index (χ4n) is 2.22. The Morgan fingerprint density at radius 1 is 1.25 bits per heavy atom. The van der Waals surface area contributed by atoms with Crippen molar-refractivity contribution >= 4 is 5.69 Å². The fraction of sp³-hybridized carbons (Fsp3) is 0.643. The van der Waals surface area contributed by atoms with Gasteiger partial charge in [0.25, 0.3) is 0 Å². The maximum atomic E-state index is 4.18. The first-order valence-corrected chi connectivity index (χ1v) is 6.45. The minimum atomic E-state index is 0.690. The lowest BCUT2D eigenvalue weighted by molar-refractivity contribution is 0.542. The van der Waals surface area contributed by atoms with Crippen molar-refractivity contribution in [2.24, 2.45) is 0 Å². The van der Waals surface area contributed by atoms with Crippen LogP contribution in [0.4, 0.5) is 5.69 Å². The molecule has 1 rings (SSSR count). The summed E-state index contributed by atoms with van der Waals surface area (Å²) in [7, 11) is 1.98. The van der Waals surface area contributed by atoms with E-state index in [9.17, 15) is 0 Å². The average molecular weight is 220 g/mol. The monoisotopic (exact) mass is 220 g/mol. The molecule has 0 amide bonds. The predicted octanol–water partition coefficient (Wildman–Crippen LogP) is 4.20. The minimum Gasteiger partial charge on any atom is -0.387 e. The van der Waals surface area contributed by atoms with E-state index in [0.717, 1.165) is 0 Å². The average Bonchev–Trinajstić information content (AvgIpc) is 2.34. The molecule has 0 bridgehead atoms. The molecule has 1 aromatic rings. The van der Waals surface area contributed by atoms with Crippen LogP contribution in [0.25, 0.3) is 0 Å². The van der Waals surface area contributed by atoms with Crippen molar-refractivity contribution in [3.05, 3.63) is 24.0 Å². The minimum absolute atomic E-state index is 0.690. The third kappa shape index (κ3) is 3.51. The number of aromatic nitrogens is 1. The van der Waals surface area contributed by atoms with Crippen molar-refractivity contribution in [3.63, 3.8) is 0 Å². The summed E-state index contributed by atoms with van der Waals surface area (Å²) in [4.78, 5) is 4.18. The summed E-state index contributed by atoms with van der Waals surface area (Å²) in [6, 6.07) is 2.17. The number of anilines is 1. The molecule has 0 saturated carbocycles. The molecule has 2 heteroatoms. The molecule has 0 aromatic carbocycles. The maximum absolute atomic E-state index is 4.18. The number of hydrogen-bond acceptors (Lipinski definition) is 2. The molecule has 0 saturated heterocycles. The molecule has 0 spiro atoms. The molecule has 1 aromatic heterocycles. The molecule has 90 valence electrons. The molecule has 0 fully saturated rings.